The van der Waals surface area contributed by atoms with Gasteiger partial charge in [-0.05, 0) is 33.1 Å². The highest BCUT2D eigenvalue weighted by Crippen LogP contribution is 2.19. The molecule has 0 spiro atoms. The van der Waals surface area contributed by atoms with E-state index in [4.69, 9.17) is 9.84 Å². The second-order valence-corrected chi connectivity index (χ2v) is 6.98. The summed E-state index contributed by atoms with van der Waals surface area (Å²) < 4.78 is 5.88. The molecular formula is C20H42O3. The summed E-state index contributed by atoms with van der Waals surface area (Å²) in [6, 6.07) is 0. The first kappa shape index (κ1) is 24.7. The fourth-order valence-corrected chi connectivity index (χ4v) is 2.25. The number of carboxylic acid groups (broad SMARTS) is 1. The SMILES string of the molecule is CCCCCC(=O)O.CCCCCCCC(C)(C)OCCCC. The second kappa shape index (κ2) is 17.8. The first-order valence-corrected chi connectivity index (χ1v) is 9.75. The molecular weight excluding hydrogens is 288 g/mol. The first-order valence-electron chi connectivity index (χ1n) is 9.75. The smallest absolute Gasteiger partial charge is 0.303 e. The Hall–Kier alpha value is -0.570. The van der Waals surface area contributed by atoms with Gasteiger partial charge in [0.25, 0.3) is 0 Å². The monoisotopic (exact) mass is 330 g/mol. The van der Waals surface area contributed by atoms with Crippen molar-refractivity contribution in [2.75, 3.05) is 6.61 Å². The van der Waals surface area contributed by atoms with Crippen LogP contribution in [0.2, 0.25) is 0 Å². The second-order valence-electron chi connectivity index (χ2n) is 6.98. The lowest BCUT2D eigenvalue weighted by Crippen LogP contribution is -2.24. The van der Waals surface area contributed by atoms with Gasteiger partial charge >= 0.3 is 5.97 Å². The molecule has 0 fully saturated rings. The van der Waals surface area contributed by atoms with E-state index in [9.17, 15) is 4.79 Å². The minimum absolute atomic E-state index is 0.0986. The average molecular weight is 331 g/mol. The highest BCUT2D eigenvalue weighted by atomic mass is 16.5. The molecule has 0 bridgehead atoms. The summed E-state index contributed by atoms with van der Waals surface area (Å²) in [5.74, 6) is -0.682. The van der Waals surface area contributed by atoms with Crippen LogP contribution in [0.3, 0.4) is 0 Å². The van der Waals surface area contributed by atoms with E-state index in [0.29, 0.717) is 6.42 Å². The number of unbranched alkanes of at least 4 members (excludes halogenated alkanes) is 7. The fourth-order valence-electron chi connectivity index (χ4n) is 2.25. The number of hydrogen-bond acceptors (Lipinski definition) is 2. The van der Waals surface area contributed by atoms with Crippen LogP contribution >= 0.6 is 0 Å². The van der Waals surface area contributed by atoms with Gasteiger partial charge in [0.1, 0.15) is 0 Å². The van der Waals surface area contributed by atoms with Crippen LogP contribution < -0.4 is 0 Å². The van der Waals surface area contributed by atoms with E-state index < -0.39 is 5.97 Å². The normalized spacial score (nSPS) is 11.0. The molecule has 0 aromatic heterocycles. The predicted octanol–water partition coefficient (Wildman–Crippen LogP) is 6.59. The van der Waals surface area contributed by atoms with Crippen molar-refractivity contribution < 1.29 is 14.6 Å². The van der Waals surface area contributed by atoms with E-state index in [0.717, 1.165) is 25.9 Å². The molecule has 0 aliphatic carbocycles. The van der Waals surface area contributed by atoms with E-state index in [1.165, 1.54) is 51.4 Å². The molecule has 0 saturated carbocycles. The standard InChI is InChI=1S/C14H30O.C6H12O2/c1-5-7-9-10-11-12-14(3,4)15-13-8-6-2;1-2-3-4-5-6(7)8/h5-13H2,1-4H3;2-5H2,1H3,(H,7,8). The quantitative estimate of drug-likeness (QED) is 0.365. The largest absolute Gasteiger partial charge is 0.481 e. The van der Waals surface area contributed by atoms with E-state index in [1.807, 2.05) is 0 Å². The molecule has 0 aliphatic rings. The minimum Gasteiger partial charge on any atom is -0.481 e. The maximum absolute atomic E-state index is 9.87. The predicted molar refractivity (Wildman–Crippen MR) is 100 cm³/mol. The van der Waals surface area contributed by atoms with Crippen molar-refractivity contribution in [1.29, 1.82) is 0 Å². The summed E-state index contributed by atoms with van der Waals surface area (Å²) in [6.45, 7) is 11.9. The Morgan fingerprint density at radius 1 is 0.826 bits per heavy atom. The van der Waals surface area contributed by atoms with Crippen LogP contribution in [0.1, 0.15) is 112 Å². The zero-order chi connectivity index (χ0) is 18.0. The Balaban J connectivity index is 0. The third-order valence-electron chi connectivity index (χ3n) is 3.87. The van der Waals surface area contributed by atoms with Crippen molar-refractivity contribution in [3.63, 3.8) is 0 Å². The Kier molecular flexibility index (Phi) is 19.1. The number of rotatable bonds is 14. The van der Waals surface area contributed by atoms with Crippen LogP contribution in [-0.4, -0.2) is 23.3 Å². The third-order valence-corrected chi connectivity index (χ3v) is 3.87. The summed E-state index contributed by atoms with van der Waals surface area (Å²) in [4.78, 5) is 9.87. The maximum atomic E-state index is 9.87. The molecule has 0 radical (unpaired) electrons. The number of ether oxygens (including phenoxy) is 1. The highest BCUT2D eigenvalue weighted by Gasteiger charge is 2.16. The van der Waals surface area contributed by atoms with Crippen LogP contribution in [-0.2, 0) is 9.53 Å². The Bertz CT molecular complexity index is 249. The number of carbonyl (C=O) groups is 1. The third kappa shape index (κ3) is 23.8. The zero-order valence-electron chi connectivity index (χ0n) is 16.5. The summed E-state index contributed by atoms with van der Waals surface area (Å²) in [6.07, 6.45) is 13.7. The molecule has 0 aliphatic heterocycles. The number of hydrogen-bond donors (Lipinski definition) is 1. The van der Waals surface area contributed by atoms with Gasteiger partial charge in [-0.15, -0.1) is 0 Å². The molecule has 0 saturated heterocycles. The van der Waals surface area contributed by atoms with Gasteiger partial charge in [-0.1, -0.05) is 72.1 Å². The number of aliphatic carboxylic acids is 1. The average Bonchev–Trinajstić information content (AvgIpc) is 2.48. The van der Waals surface area contributed by atoms with Crippen LogP contribution in [0, 0.1) is 0 Å². The Morgan fingerprint density at radius 3 is 1.87 bits per heavy atom. The molecule has 3 heteroatoms. The lowest BCUT2D eigenvalue weighted by molar-refractivity contribution is -0.137. The minimum atomic E-state index is -0.682. The molecule has 140 valence electrons. The lowest BCUT2D eigenvalue weighted by atomic mass is 9.99. The van der Waals surface area contributed by atoms with Gasteiger partial charge in [0.15, 0.2) is 0 Å². The summed E-state index contributed by atoms with van der Waals surface area (Å²) in [5.41, 5.74) is 0.0986. The van der Waals surface area contributed by atoms with Crippen LogP contribution in [0.25, 0.3) is 0 Å². The molecule has 0 aromatic carbocycles. The zero-order valence-corrected chi connectivity index (χ0v) is 16.5. The van der Waals surface area contributed by atoms with Crippen LogP contribution in [0.15, 0.2) is 0 Å². The van der Waals surface area contributed by atoms with Gasteiger partial charge in [0.2, 0.25) is 0 Å². The van der Waals surface area contributed by atoms with Crippen molar-refractivity contribution in [2.45, 2.75) is 117 Å². The van der Waals surface area contributed by atoms with Gasteiger partial charge < -0.3 is 9.84 Å². The molecule has 0 amide bonds. The highest BCUT2D eigenvalue weighted by molar-refractivity contribution is 5.66. The molecule has 23 heavy (non-hydrogen) atoms. The van der Waals surface area contributed by atoms with Gasteiger partial charge in [0.05, 0.1) is 5.60 Å². The molecule has 0 aromatic rings. The van der Waals surface area contributed by atoms with Crippen molar-refractivity contribution in [2.24, 2.45) is 0 Å². The van der Waals surface area contributed by atoms with Crippen molar-refractivity contribution in [3.05, 3.63) is 0 Å². The number of carboxylic acids is 1. The van der Waals surface area contributed by atoms with Crippen molar-refractivity contribution in [3.8, 4) is 0 Å². The van der Waals surface area contributed by atoms with Gasteiger partial charge in [-0.3, -0.25) is 4.79 Å². The summed E-state index contributed by atoms with van der Waals surface area (Å²) in [5, 5.41) is 8.14. The topological polar surface area (TPSA) is 46.5 Å². The van der Waals surface area contributed by atoms with E-state index in [1.54, 1.807) is 0 Å². The molecule has 0 heterocycles. The first-order chi connectivity index (χ1) is 10.9. The van der Waals surface area contributed by atoms with Crippen LogP contribution in [0.4, 0.5) is 0 Å². The van der Waals surface area contributed by atoms with E-state index in [-0.39, 0.29) is 5.60 Å². The summed E-state index contributed by atoms with van der Waals surface area (Å²) >= 11 is 0. The van der Waals surface area contributed by atoms with Crippen molar-refractivity contribution >= 4 is 5.97 Å². The molecule has 0 unspecified atom stereocenters. The van der Waals surface area contributed by atoms with E-state index in [2.05, 4.69) is 34.6 Å². The maximum Gasteiger partial charge on any atom is 0.303 e. The van der Waals surface area contributed by atoms with Gasteiger partial charge in [-0.2, -0.15) is 0 Å². The molecule has 0 rings (SSSR count). The van der Waals surface area contributed by atoms with Gasteiger partial charge in [0, 0.05) is 13.0 Å². The van der Waals surface area contributed by atoms with Crippen molar-refractivity contribution in [1.82, 2.24) is 0 Å². The molecule has 0 atom stereocenters. The fraction of sp³-hybridized carbons (Fsp3) is 0.950. The Morgan fingerprint density at radius 2 is 1.35 bits per heavy atom. The Labute approximate surface area is 145 Å². The lowest BCUT2D eigenvalue weighted by Gasteiger charge is -2.25. The molecule has 1 N–H and O–H groups in total. The molecule has 3 nitrogen and oxygen atoms in total. The summed E-state index contributed by atoms with van der Waals surface area (Å²) in [7, 11) is 0. The van der Waals surface area contributed by atoms with Gasteiger partial charge in [-0.25, -0.2) is 0 Å². The van der Waals surface area contributed by atoms with E-state index >= 15 is 0 Å². The van der Waals surface area contributed by atoms with Crippen LogP contribution in [0.5, 0.6) is 0 Å².